The van der Waals surface area contributed by atoms with Crippen molar-refractivity contribution in [2.24, 2.45) is 0 Å². The van der Waals surface area contributed by atoms with Crippen molar-refractivity contribution in [3.63, 3.8) is 0 Å². The lowest BCUT2D eigenvalue weighted by Crippen LogP contribution is -1.89. The molecule has 2 rings (SSSR count). The first-order chi connectivity index (χ1) is 6.90. The lowest BCUT2D eigenvalue weighted by atomic mass is 10.3. The van der Waals surface area contributed by atoms with Crippen LogP contribution in [-0.2, 0) is 6.42 Å². The van der Waals surface area contributed by atoms with E-state index in [0.29, 0.717) is 0 Å². The molecule has 0 fully saturated rings. The van der Waals surface area contributed by atoms with Gasteiger partial charge in [-0.1, -0.05) is 32.9 Å². The third-order valence-electron chi connectivity index (χ3n) is 1.86. The van der Waals surface area contributed by atoms with Crippen molar-refractivity contribution in [3.05, 3.63) is 36.2 Å². The van der Waals surface area contributed by atoms with Crippen LogP contribution in [0.25, 0.3) is 11.0 Å². The number of para-hydroxylation sites is 2. The SMILES string of the molecule is CC.CCc1cnc2ccccc2n1. The van der Waals surface area contributed by atoms with Crippen LogP contribution in [0, 0.1) is 0 Å². The van der Waals surface area contributed by atoms with Crippen molar-refractivity contribution in [3.8, 4) is 0 Å². The highest BCUT2D eigenvalue weighted by Crippen LogP contribution is 2.08. The zero-order valence-corrected chi connectivity index (χ0v) is 8.99. The molecule has 1 heterocycles. The van der Waals surface area contributed by atoms with Gasteiger partial charge in [0.1, 0.15) is 0 Å². The zero-order valence-electron chi connectivity index (χ0n) is 8.99. The summed E-state index contributed by atoms with van der Waals surface area (Å²) in [7, 11) is 0. The fraction of sp³-hybridized carbons (Fsp3) is 0.333. The van der Waals surface area contributed by atoms with E-state index < -0.39 is 0 Å². The fourth-order valence-corrected chi connectivity index (χ4v) is 1.17. The smallest absolute Gasteiger partial charge is 0.0890 e. The second-order valence-corrected chi connectivity index (χ2v) is 2.70. The molecule has 1 aromatic heterocycles. The van der Waals surface area contributed by atoms with Crippen LogP contribution in [0.1, 0.15) is 26.5 Å². The molecule has 0 saturated carbocycles. The van der Waals surface area contributed by atoms with Gasteiger partial charge in [0.05, 0.1) is 16.7 Å². The highest BCUT2D eigenvalue weighted by molar-refractivity contribution is 5.73. The number of fused-ring (bicyclic) bond motifs is 1. The topological polar surface area (TPSA) is 25.8 Å². The maximum absolute atomic E-state index is 4.43. The van der Waals surface area contributed by atoms with E-state index in [4.69, 9.17) is 0 Å². The molecule has 0 spiro atoms. The summed E-state index contributed by atoms with van der Waals surface area (Å²) in [6.45, 7) is 6.08. The number of rotatable bonds is 1. The molecule has 1 aromatic carbocycles. The first kappa shape index (κ1) is 10.6. The quantitative estimate of drug-likeness (QED) is 0.686. The van der Waals surface area contributed by atoms with Crippen molar-refractivity contribution in [2.75, 3.05) is 0 Å². The first-order valence-corrected chi connectivity index (χ1v) is 5.11. The van der Waals surface area contributed by atoms with Crippen molar-refractivity contribution in [1.29, 1.82) is 0 Å². The summed E-state index contributed by atoms with van der Waals surface area (Å²) >= 11 is 0. The predicted molar refractivity (Wildman–Crippen MR) is 60.3 cm³/mol. The molecular formula is C12H16N2. The van der Waals surface area contributed by atoms with Crippen molar-refractivity contribution in [1.82, 2.24) is 9.97 Å². The molecule has 0 unspecified atom stereocenters. The third kappa shape index (κ3) is 2.28. The molecular weight excluding hydrogens is 172 g/mol. The molecule has 2 aromatic rings. The Bertz CT molecular complexity index is 396. The van der Waals surface area contributed by atoms with Gasteiger partial charge < -0.3 is 0 Å². The number of hydrogen-bond acceptors (Lipinski definition) is 2. The van der Waals surface area contributed by atoms with Crippen LogP contribution in [0.4, 0.5) is 0 Å². The average molecular weight is 188 g/mol. The Labute approximate surface area is 85.0 Å². The molecule has 0 aliphatic rings. The summed E-state index contributed by atoms with van der Waals surface area (Å²) in [5.74, 6) is 0. The molecule has 0 aliphatic heterocycles. The molecule has 0 aliphatic carbocycles. The molecule has 0 radical (unpaired) electrons. The Morgan fingerprint density at radius 3 is 2.36 bits per heavy atom. The lowest BCUT2D eigenvalue weighted by Gasteiger charge is -1.97. The van der Waals surface area contributed by atoms with Gasteiger partial charge in [-0.2, -0.15) is 0 Å². The van der Waals surface area contributed by atoms with Gasteiger partial charge in [-0.25, -0.2) is 4.98 Å². The summed E-state index contributed by atoms with van der Waals surface area (Å²) < 4.78 is 0. The van der Waals surface area contributed by atoms with Gasteiger partial charge in [-0.15, -0.1) is 0 Å². The van der Waals surface area contributed by atoms with Crippen LogP contribution in [0.15, 0.2) is 30.5 Å². The largest absolute Gasteiger partial charge is 0.253 e. The second-order valence-electron chi connectivity index (χ2n) is 2.70. The van der Waals surface area contributed by atoms with Crippen LogP contribution < -0.4 is 0 Å². The minimum absolute atomic E-state index is 0.942. The average Bonchev–Trinajstić information content (AvgIpc) is 2.31. The summed E-state index contributed by atoms with van der Waals surface area (Å²) in [5.41, 5.74) is 3.00. The van der Waals surface area contributed by atoms with Crippen LogP contribution in [0.2, 0.25) is 0 Å². The van der Waals surface area contributed by atoms with Crippen LogP contribution >= 0.6 is 0 Å². The number of aromatic nitrogens is 2. The number of hydrogen-bond donors (Lipinski definition) is 0. The molecule has 0 saturated heterocycles. The van der Waals surface area contributed by atoms with Gasteiger partial charge >= 0.3 is 0 Å². The van der Waals surface area contributed by atoms with Gasteiger partial charge in [0.2, 0.25) is 0 Å². The normalized spacial score (nSPS) is 9.36. The summed E-state index contributed by atoms with van der Waals surface area (Å²) in [5, 5.41) is 0. The minimum atomic E-state index is 0.942. The summed E-state index contributed by atoms with van der Waals surface area (Å²) in [4.78, 5) is 8.72. The summed E-state index contributed by atoms with van der Waals surface area (Å²) in [6.07, 6.45) is 2.78. The molecule has 2 nitrogen and oxygen atoms in total. The number of nitrogens with zero attached hydrogens (tertiary/aromatic N) is 2. The van der Waals surface area contributed by atoms with Gasteiger partial charge in [0, 0.05) is 6.20 Å². The van der Waals surface area contributed by atoms with Gasteiger partial charge in [-0.05, 0) is 18.6 Å². The van der Waals surface area contributed by atoms with E-state index in [9.17, 15) is 0 Å². The Balaban J connectivity index is 0.000000461. The maximum Gasteiger partial charge on any atom is 0.0890 e. The third-order valence-corrected chi connectivity index (χ3v) is 1.86. The maximum atomic E-state index is 4.43. The van der Waals surface area contributed by atoms with Gasteiger partial charge in [0.25, 0.3) is 0 Å². The molecule has 74 valence electrons. The highest BCUT2D eigenvalue weighted by Gasteiger charge is 1.95. The predicted octanol–water partition coefficient (Wildman–Crippen LogP) is 3.22. The molecule has 0 N–H and O–H groups in total. The van der Waals surface area contributed by atoms with E-state index in [1.807, 2.05) is 44.3 Å². The van der Waals surface area contributed by atoms with E-state index >= 15 is 0 Å². The minimum Gasteiger partial charge on any atom is -0.253 e. The van der Waals surface area contributed by atoms with Crippen molar-refractivity contribution in [2.45, 2.75) is 27.2 Å². The molecule has 0 bridgehead atoms. The van der Waals surface area contributed by atoms with E-state index in [0.717, 1.165) is 23.1 Å². The summed E-state index contributed by atoms with van der Waals surface area (Å²) in [6, 6.07) is 7.92. The molecule has 2 heteroatoms. The highest BCUT2D eigenvalue weighted by atomic mass is 14.8. The second kappa shape index (κ2) is 5.32. The Morgan fingerprint density at radius 2 is 1.71 bits per heavy atom. The first-order valence-electron chi connectivity index (χ1n) is 5.11. The lowest BCUT2D eigenvalue weighted by molar-refractivity contribution is 1.03. The Kier molecular flexibility index (Phi) is 4.05. The van der Waals surface area contributed by atoms with Crippen molar-refractivity contribution < 1.29 is 0 Å². The van der Waals surface area contributed by atoms with E-state index in [-0.39, 0.29) is 0 Å². The number of aryl methyl sites for hydroxylation is 1. The number of benzene rings is 1. The molecule has 14 heavy (non-hydrogen) atoms. The van der Waals surface area contributed by atoms with E-state index in [2.05, 4.69) is 16.9 Å². The van der Waals surface area contributed by atoms with E-state index in [1.54, 1.807) is 0 Å². The fourth-order valence-electron chi connectivity index (χ4n) is 1.17. The molecule has 0 atom stereocenters. The van der Waals surface area contributed by atoms with Gasteiger partial charge in [0.15, 0.2) is 0 Å². The van der Waals surface area contributed by atoms with Crippen LogP contribution in [0.3, 0.4) is 0 Å². The van der Waals surface area contributed by atoms with Crippen LogP contribution in [-0.4, -0.2) is 9.97 Å². The standard InChI is InChI=1S/C10H10N2.C2H6/c1-2-8-7-11-9-5-3-4-6-10(9)12-8;1-2/h3-7H,2H2,1H3;1-2H3. The Morgan fingerprint density at radius 1 is 1.07 bits per heavy atom. The molecule has 0 amide bonds. The van der Waals surface area contributed by atoms with Crippen molar-refractivity contribution >= 4 is 11.0 Å². The zero-order chi connectivity index (χ0) is 10.4. The Hall–Kier alpha value is -1.44. The van der Waals surface area contributed by atoms with Crippen LogP contribution in [0.5, 0.6) is 0 Å². The monoisotopic (exact) mass is 188 g/mol. The van der Waals surface area contributed by atoms with Gasteiger partial charge in [-0.3, -0.25) is 4.98 Å². The van der Waals surface area contributed by atoms with E-state index in [1.165, 1.54) is 0 Å².